The highest BCUT2D eigenvalue weighted by molar-refractivity contribution is 5.70. The molecule has 25 heavy (non-hydrogen) atoms. The van der Waals surface area contributed by atoms with Gasteiger partial charge in [-0.15, -0.1) is 0 Å². The molecular formula is C22H27NO2. The SMILES string of the molecule is Cc1ccc(C(c2cc(C)ccc2C)N2CCCC(C(=O)O)C2)cc1. The topological polar surface area (TPSA) is 40.5 Å². The highest BCUT2D eigenvalue weighted by Gasteiger charge is 2.31. The van der Waals surface area contributed by atoms with Gasteiger partial charge in [0.1, 0.15) is 0 Å². The Morgan fingerprint density at radius 1 is 1.08 bits per heavy atom. The van der Waals surface area contributed by atoms with Gasteiger partial charge in [0.05, 0.1) is 12.0 Å². The van der Waals surface area contributed by atoms with Crippen molar-refractivity contribution in [2.45, 2.75) is 39.7 Å². The summed E-state index contributed by atoms with van der Waals surface area (Å²) in [6.45, 7) is 7.91. The smallest absolute Gasteiger partial charge is 0.307 e. The largest absolute Gasteiger partial charge is 0.481 e. The Kier molecular flexibility index (Phi) is 5.24. The van der Waals surface area contributed by atoms with Gasteiger partial charge in [-0.1, -0.05) is 53.6 Å². The molecule has 1 N–H and O–H groups in total. The molecule has 2 aromatic rings. The van der Waals surface area contributed by atoms with Crippen molar-refractivity contribution in [2.24, 2.45) is 5.92 Å². The molecule has 1 aliphatic rings. The molecule has 3 heteroatoms. The molecule has 1 heterocycles. The normalized spacial score (nSPS) is 19.6. The van der Waals surface area contributed by atoms with Crippen molar-refractivity contribution in [2.75, 3.05) is 13.1 Å². The second kappa shape index (κ2) is 7.40. The van der Waals surface area contributed by atoms with E-state index in [1.807, 2.05) is 0 Å². The fraction of sp³-hybridized carbons (Fsp3) is 0.409. The lowest BCUT2D eigenvalue weighted by Crippen LogP contribution is -2.41. The van der Waals surface area contributed by atoms with Crippen molar-refractivity contribution >= 4 is 5.97 Å². The van der Waals surface area contributed by atoms with Crippen LogP contribution in [0.2, 0.25) is 0 Å². The Morgan fingerprint density at radius 2 is 1.76 bits per heavy atom. The Labute approximate surface area is 150 Å². The molecule has 0 radical (unpaired) electrons. The van der Waals surface area contributed by atoms with Crippen molar-refractivity contribution < 1.29 is 9.90 Å². The minimum Gasteiger partial charge on any atom is -0.481 e. The van der Waals surface area contributed by atoms with Gasteiger partial charge >= 0.3 is 5.97 Å². The van der Waals surface area contributed by atoms with Gasteiger partial charge in [-0.3, -0.25) is 9.69 Å². The molecule has 0 amide bonds. The van der Waals surface area contributed by atoms with E-state index in [0.29, 0.717) is 6.54 Å². The average Bonchev–Trinajstić information content (AvgIpc) is 2.60. The second-order valence-electron chi connectivity index (χ2n) is 7.35. The van der Waals surface area contributed by atoms with Gasteiger partial charge in [-0.2, -0.15) is 0 Å². The predicted octanol–water partition coefficient (Wildman–Crippen LogP) is 4.50. The van der Waals surface area contributed by atoms with E-state index < -0.39 is 5.97 Å². The summed E-state index contributed by atoms with van der Waals surface area (Å²) < 4.78 is 0. The maximum absolute atomic E-state index is 11.5. The van der Waals surface area contributed by atoms with E-state index in [1.54, 1.807) is 0 Å². The number of aliphatic carboxylic acids is 1. The van der Waals surface area contributed by atoms with Gasteiger partial charge in [0.15, 0.2) is 0 Å². The van der Waals surface area contributed by atoms with Gasteiger partial charge in [-0.05, 0) is 56.8 Å². The van der Waals surface area contributed by atoms with Crippen LogP contribution in [0.15, 0.2) is 42.5 Å². The summed E-state index contributed by atoms with van der Waals surface area (Å²) in [4.78, 5) is 13.9. The van der Waals surface area contributed by atoms with Crippen molar-refractivity contribution in [3.63, 3.8) is 0 Å². The van der Waals surface area contributed by atoms with Gasteiger partial charge in [0.2, 0.25) is 0 Å². The molecule has 2 aromatic carbocycles. The lowest BCUT2D eigenvalue weighted by atomic mass is 9.88. The van der Waals surface area contributed by atoms with E-state index in [1.165, 1.54) is 27.8 Å². The van der Waals surface area contributed by atoms with Crippen LogP contribution < -0.4 is 0 Å². The maximum atomic E-state index is 11.5. The fourth-order valence-corrected chi connectivity index (χ4v) is 3.83. The molecule has 1 fully saturated rings. The number of hydrogen-bond donors (Lipinski definition) is 1. The van der Waals surface area contributed by atoms with Crippen LogP contribution in [0.4, 0.5) is 0 Å². The molecule has 132 valence electrons. The first-order valence-electron chi connectivity index (χ1n) is 9.06. The van der Waals surface area contributed by atoms with Crippen LogP contribution >= 0.6 is 0 Å². The summed E-state index contributed by atoms with van der Waals surface area (Å²) in [6, 6.07) is 15.3. The second-order valence-corrected chi connectivity index (χ2v) is 7.35. The van der Waals surface area contributed by atoms with Gasteiger partial charge in [0.25, 0.3) is 0 Å². The fourth-order valence-electron chi connectivity index (χ4n) is 3.83. The number of benzene rings is 2. The van der Waals surface area contributed by atoms with Crippen molar-refractivity contribution in [1.82, 2.24) is 4.90 Å². The van der Waals surface area contributed by atoms with Gasteiger partial charge in [-0.25, -0.2) is 0 Å². The Balaban J connectivity index is 2.04. The van der Waals surface area contributed by atoms with E-state index >= 15 is 0 Å². The Hall–Kier alpha value is -2.13. The third kappa shape index (κ3) is 3.93. The molecule has 0 aliphatic carbocycles. The third-order valence-corrected chi connectivity index (χ3v) is 5.29. The molecule has 0 saturated carbocycles. The maximum Gasteiger partial charge on any atom is 0.307 e. The van der Waals surface area contributed by atoms with E-state index in [0.717, 1.165) is 19.4 Å². The quantitative estimate of drug-likeness (QED) is 0.893. The molecule has 3 nitrogen and oxygen atoms in total. The standard InChI is InChI=1S/C22H27NO2/c1-15-7-10-18(11-8-15)21(20-13-16(2)6-9-17(20)3)23-12-4-5-19(14-23)22(24)25/h6-11,13,19,21H,4-5,12,14H2,1-3H3,(H,24,25). The van der Waals surface area contributed by atoms with Crippen molar-refractivity contribution in [1.29, 1.82) is 0 Å². The number of carboxylic acids is 1. The molecule has 0 spiro atoms. The summed E-state index contributed by atoms with van der Waals surface area (Å²) in [5, 5.41) is 9.49. The molecule has 1 saturated heterocycles. The minimum atomic E-state index is -0.673. The number of nitrogens with zero attached hydrogens (tertiary/aromatic N) is 1. The average molecular weight is 337 g/mol. The number of rotatable bonds is 4. The molecule has 1 aliphatic heterocycles. The molecule has 0 bridgehead atoms. The molecule has 3 rings (SSSR count). The zero-order valence-electron chi connectivity index (χ0n) is 15.3. The summed E-state index contributed by atoms with van der Waals surface area (Å²) in [6.07, 6.45) is 1.71. The number of hydrogen-bond acceptors (Lipinski definition) is 2. The lowest BCUT2D eigenvalue weighted by molar-refractivity contribution is -0.143. The number of piperidine rings is 1. The number of aryl methyl sites for hydroxylation is 3. The zero-order chi connectivity index (χ0) is 18.0. The summed E-state index contributed by atoms with van der Waals surface area (Å²) in [7, 11) is 0. The number of likely N-dealkylation sites (tertiary alicyclic amines) is 1. The molecular weight excluding hydrogens is 310 g/mol. The molecule has 2 unspecified atom stereocenters. The summed E-state index contributed by atoms with van der Waals surface area (Å²) in [5.41, 5.74) is 6.27. The Morgan fingerprint density at radius 3 is 2.44 bits per heavy atom. The highest BCUT2D eigenvalue weighted by atomic mass is 16.4. The monoisotopic (exact) mass is 337 g/mol. The lowest BCUT2D eigenvalue weighted by Gasteiger charge is -2.38. The predicted molar refractivity (Wildman–Crippen MR) is 101 cm³/mol. The first-order valence-corrected chi connectivity index (χ1v) is 9.06. The number of carboxylic acid groups (broad SMARTS) is 1. The first kappa shape index (κ1) is 17.7. The van der Waals surface area contributed by atoms with Crippen molar-refractivity contribution in [3.05, 3.63) is 70.3 Å². The van der Waals surface area contributed by atoms with Crippen LogP contribution in [0.25, 0.3) is 0 Å². The van der Waals surface area contributed by atoms with Crippen LogP contribution in [0.1, 0.15) is 46.7 Å². The van der Waals surface area contributed by atoms with Crippen LogP contribution in [0.3, 0.4) is 0 Å². The molecule has 2 atom stereocenters. The van der Waals surface area contributed by atoms with Crippen LogP contribution in [0.5, 0.6) is 0 Å². The highest BCUT2D eigenvalue weighted by Crippen LogP contribution is 2.34. The van der Waals surface area contributed by atoms with Crippen molar-refractivity contribution in [3.8, 4) is 0 Å². The summed E-state index contributed by atoms with van der Waals surface area (Å²) >= 11 is 0. The van der Waals surface area contributed by atoms with Crippen LogP contribution in [0, 0.1) is 26.7 Å². The molecule has 0 aromatic heterocycles. The summed E-state index contributed by atoms with van der Waals surface area (Å²) in [5.74, 6) is -0.944. The van der Waals surface area contributed by atoms with Crippen LogP contribution in [-0.2, 0) is 4.79 Å². The van der Waals surface area contributed by atoms with E-state index in [9.17, 15) is 9.90 Å². The van der Waals surface area contributed by atoms with E-state index in [2.05, 4.69) is 68.1 Å². The van der Waals surface area contributed by atoms with Gasteiger partial charge < -0.3 is 5.11 Å². The van der Waals surface area contributed by atoms with Gasteiger partial charge in [0, 0.05) is 6.54 Å². The zero-order valence-corrected chi connectivity index (χ0v) is 15.3. The Bertz CT molecular complexity index is 751. The van der Waals surface area contributed by atoms with Crippen LogP contribution in [-0.4, -0.2) is 29.1 Å². The third-order valence-electron chi connectivity index (χ3n) is 5.29. The number of carbonyl (C=O) groups is 1. The van der Waals surface area contributed by atoms with E-state index in [4.69, 9.17) is 0 Å². The minimum absolute atomic E-state index is 0.114. The first-order chi connectivity index (χ1) is 12.0. The van der Waals surface area contributed by atoms with E-state index in [-0.39, 0.29) is 12.0 Å².